The van der Waals surface area contributed by atoms with Gasteiger partial charge in [-0.15, -0.1) is 10.2 Å². The van der Waals surface area contributed by atoms with Crippen LogP contribution >= 0.6 is 22.9 Å². The summed E-state index contributed by atoms with van der Waals surface area (Å²) >= 11 is 7.30. The van der Waals surface area contributed by atoms with Gasteiger partial charge in [-0.3, -0.25) is 10.1 Å². The largest absolute Gasteiger partial charge is 0.342 e. The quantitative estimate of drug-likeness (QED) is 0.829. The predicted octanol–water partition coefficient (Wildman–Crippen LogP) is 3.70. The minimum atomic E-state index is -0.458. The van der Waals surface area contributed by atoms with E-state index in [0.29, 0.717) is 20.8 Å². The van der Waals surface area contributed by atoms with Gasteiger partial charge in [0.15, 0.2) is 0 Å². The molecule has 1 aromatic carbocycles. The minimum absolute atomic E-state index is 0.0586. The van der Waals surface area contributed by atoms with Crippen molar-refractivity contribution < 1.29 is 9.59 Å². The van der Waals surface area contributed by atoms with E-state index in [1.807, 2.05) is 17.9 Å². The lowest BCUT2D eigenvalue weighted by Gasteiger charge is -2.26. The van der Waals surface area contributed by atoms with Crippen LogP contribution in [0.15, 0.2) is 18.2 Å². The molecule has 1 fully saturated rings. The minimum Gasteiger partial charge on any atom is -0.342 e. The zero-order chi connectivity index (χ0) is 18.5. The van der Waals surface area contributed by atoms with Crippen LogP contribution in [-0.2, 0) is 11.2 Å². The van der Waals surface area contributed by atoms with E-state index >= 15 is 0 Å². The average Bonchev–Trinajstić information content (AvgIpc) is 3.05. The number of halogens is 1. The van der Waals surface area contributed by atoms with Crippen LogP contribution in [0.5, 0.6) is 0 Å². The number of urea groups is 1. The predicted molar refractivity (Wildman–Crippen MR) is 103 cm³/mol. The highest BCUT2D eigenvalue weighted by Gasteiger charge is 2.19. The third-order valence-corrected chi connectivity index (χ3v) is 5.22. The fourth-order valence-electron chi connectivity index (χ4n) is 2.73. The first-order valence-electron chi connectivity index (χ1n) is 8.45. The van der Waals surface area contributed by atoms with Gasteiger partial charge in [-0.25, -0.2) is 4.79 Å². The van der Waals surface area contributed by atoms with E-state index in [0.717, 1.165) is 31.5 Å². The fourth-order valence-corrected chi connectivity index (χ4v) is 3.74. The molecule has 1 aromatic heterocycles. The van der Waals surface area contributed by atoms with Gasteiger partial charge in [0, 0.05) is 13.1 Å². The number of rotatable bonds is 4. The van der Waals surface area contributed by atoms with E-state index in [4.69, 9.17) is 11.6 Å². The van der Waals surface area contributed by atoms with Crippen LogP contribution in [0.1, 0.15) is 29.8 Å². The summed E-state index contributed by atoms with van der Waals surface area (Å²) in [6.07, 6.45) is 3.49. The Balaban J connectivity index is 1.54. The second-order valence-electron chi connectivity index (χ2n) is 6.18. The molecule has 2 N–H and O–H groups in total. The molecule has 1 saturated heterocycles. The Bertz CT molecular complexity index is 804. The summed E-state index contributed by atoms with van der Waals surface area (Å²) in [7, 11) is 0. The highest BCUT2D eigenvalue weighted by molar-refractivity contribution is 7.15. The first-order chi connectivity index (χ1) is 12.5. The van der Waals surface area contributed by atoms with Crippen molar-refractivity contribution in [3.8, 4) is 0 Å². The van der Waals surface area contributed by atoms with Crippen molar-refractivity contribution in [2.45, 2.75) is 32.6 Å². The van der Waals surface area contributed by atoms with Gasteiger partial charge in [-0.2, -0.15) is 0 Å². The monoisotopic (exact) mass is 393 g/mol. The number of hydrogen-bond acceptors (Lipinski definition) is 5. The first kappa shape index (κ1) is 18.6. The van der Waals surface area contributed by atoms with E-state index in [9.17, 15) is 9.59 Å². The van der Waals surface area contributed by atoms with Gasteiger partial charge in [-0.1, -0.05) is 29.0 Å². The third-order valence-electron chi connectivity index (χ3n) is 4.07. The maximum Gasteiger partial charge on any atom is 0.325 e. The first-order valence-corrected chi connectivity index (χ1v) is 9.65. The molecule has 0 saturated carbocycles. The lowest BCUT2D eigenvalue weighted by molar-refractivity contribution is -0.131. The molecule has 7 nitrogen and oxygen atoms in total. The highest BCUT2D eigenvalue weighted by atomic mass is 35.5. The summed E-state index contributed by atoms with van der Waals surface area (Å²) < 4.78 is 0. The van der Waals surface area contributed by atoms with Gasteiger partial charge in [0.2, 0.25) is 11.0 Å². The Morgan fingerprint density at radius 3 is 2.69 bits per heavy atom. The Morgan fingerprint density at radius 1 is 1.19 bits per heavy atom. The molecule has 2 heterocycles. The average molecular weight is 394 g/mol. The summed E-state index contributed by atoms with van der Waals surface area (Å²) in [6.45, 7) is 3.54. The fraction of sp³-hybridized carbons (Fsp3) is 0.412. The lowest BCUT2D eigenvalue weighted by atomic mass is 10.1. The zero-order valence-electron chi connectivity index (χ0n) is 14.4. The van der Waals surface area contributed by atoms with E-state index in [1.54, 1.807) is 12.1 Å². The molecule has 3 rings (SSSR count). The number of hydrogen-bond donors (Lipinski definition) is 2. The Morgan fingerprint density at radius 2 is 1.96 bits per heavy atom. The molecule has 0 atom stereocenters. The molecule has 138 valence electrons. The summed E-state index contributed by atoms with van der Waals surface area (Å²) in [6, 6.07) is 4.91. The number of anilines is 2. The summed E-state index contributed by atoms with van der Waals surface area (Å²) in [4.78, 5) is 26.2. The smallest absolute Gasteiger partial charge is 0.325 e. The number of aromatic nitrogens is 2. The van der Waals surface area contributed by atoms with Crippen molar-refractivity contribution in [1.29, 1.82) is 0 Å². The Hall–Kier alpha value is -2.19. The van der Waals surface area contributed by atoms with Crippen molar-refractivity contribution in [3.63, 3.8) is 0 Å². The number of likely N-dealkylation sites (tertiary alicyclic amines) is 1. The zero-order valence-corrected chi connectivity index (χ0v) is 16.0. The topological polar surface area (TPSA) is 87.2 Å². The Labute approximate surface area is 160 Å². The van der Waals surface area contributed by atoms with Gasteiger partial charge in [-0.05, 0) is 43.9 Å². The van der Waals surface area contributed by atoms with Crippen LogP contribution in [0.3, 0.4) is 0 Å². The molecule has 0 spiro atoms. The maximum atomic E-state index is 12.3. The molecular formula is C17H20ClN5O2S. The molecular weight excluding hydrogens is 374 g/mol. The standard InChI is InChI=1S/C17H20ClN5O2S/c1-11-5-6-13(12(18)9-11)19-16(25)20-17-22-21-14(26-17)10-15(24)23-7-3-2-4-8-23/h5-6,9H,2-4,7-8,10H2,1H3,(H2,19,20,22,25). The summed E-state index contributed by atoms with van der Waals surface area (Å²) in [5, 5.41) is 14.6. The second-order valence-corrected chi connectivity index (χ2v) is 7.65. The summed E-state index contributed by atoms with van der Waals surface area (Å²) in [5.74, 6) is 0.0586. The van der Waals surface area contributed by atoms with Crippen LogP contribution in [0.25, 0.3) is 0 Å². The number of amides is 3. The number of piperidine rings is 1. The van der Waals surface area contributed by atoms with Crippen molar-refractivity contribution in [2.24, 2.45) is 0 Å². The normalized spacial score (nSPS) is 14.2. The molecule has 0 unspecified atom stereocenters. The van der Waals surface area contributed by atoms with Crippen molar-refractivity contribution in [3.05, 3.63) is 33.8 Å². The SMILES string of the molecule is Cc1ccc(NC(=O)Nc2nnc(CC(=O)N3CCCCC3)s2)c(Cl)c1. The molecule has 1 aliphatic heterocycles. The van der Waals surface area contributed by atoms with E-state index in [2.05, 4.69) is 20.8 Å². The van der Waals surface area contributed by atoms with Crippen LogP contribution in [0.4, 0.5) is 15.6 Å². The van der Waals surface area contributed by atoms with Gasteiger partial charge >= 0.3 is 6.03 Å². The van der Waals surface area contributed by atoms with Crippen molar-refractivity contribution in [1.82, 2.24) is 15.1 Å². The van der Waals surface area contributed by atoms with Crippen LogP contribution < -0.4 is 10.6 Å². The lowest BCUT2D eigenvalue weighted by Crippen LogP contribution is -2.36. The van der Waals surface area contributed by atoms with Gasteiger partial charge in [0.1, 0.15) is 5.01 Å². The van der Waals surface area contributed by atoms with Crippen molar-refractivity contribution >= 4 is 45.7 Å². The molecule has 1 aliphatic rings. The van der Waals surface area contributed by atoms with E-state index < -0.39 is 6.03 Å². The van der Waals surface area contributed by atoms with Crippen LogP contribution in [0, 0.1) is 6.92 Å². The van der Waals surface area contributed by atoms with Crippen LogP contribution in [0.2, 0.25) is 5.02 Å². The number of carbonyl (C=O) groups excluding carboxylic acids is 2. The molecule has 0 radical (unpaired) electrons. The summed E-state index contributed by atoms with van der Waals surface area (Å²) in [5.41, 5.74) is 1.52. The molecule has 3 amide bonds. The highest BCUT2D eigenvalue weighted by Crippen LogP contribution is 2.23. The number of aryl methyl sites for hydroxylation is 1. The molecule has 26 heavy (non-hydrogen) atoms. The second kappa shape index (κ2) is 8.46. The maximum absolute atomic E-state index is 12.3. The van der Waals surface area contributed by atoms with E-state index in [-0.39, 0.29) is 12.3 Å². The number of carbonyl (C=O) groups is 2. The third kappa shape index (κ3) is 4.92. The van der Waals surface area contributed by atoms with Gasteiger partial charge in [0.05, 0.1) is 17.1 Å². The number of benzene rings is 1. The van der Waals surface area contributed by atoms with Crippen molar-refractivity contribution in [2.75, 3.05) is 23.7 Å². The number of nitrogens with one attached hydrogen (secondary N) is 2. The number of nitrogens with zero attached hydrogens (tertiary/aromatic N) is 3. The van der Waals surface area contributed by atoms with Gasteiger partial charge in [0.25, 0.3) is 0 Å². The molecule has 2 aromatic rings. The molecule has 9 heteroatoms. The molecule has 0 aliphatic carbocycles. The van der Waals surface area contributed by atoms with Crippen LogP contribution in [-0.4, -0.2) is 40.1 Å². The van der Waals surface area contributed by atoms with E-state index in [1.165, 1.54) is 17.8 Å². The Kier molecular flexibility index (Phi) is 6.05. The molecule has 0 bridgehead atoms. The van der Waals surface area contributed by atoms with Gasteiger partial charge < -0.3 is 10.2 Å².